The van der Waals surface area contributed by atoms with E-state index in [2.05, 4.69) is 0 Å². The second-order valence-electron chi connectivity index (χ2n) is 5.92. The van der Waals surface area contributed by atoms with Crippen LogP contribution in [0.25, 0.3) is 0 Å². The minimum Gasteiger partial charge on any atom is -0.454 e. The molecule has 0 unspecified atom stereocenters. The predicted molar refractivity (Wildman–Crippen MR) is 83.6 cm³/mol. The Balaban J connectivity index is 2.09. The quantitative estimate of drug-likeness (QED) is 0.809. The molecule has 1 saturated heterocycles. The summed E-state index contributed by atoms with van der Waals surface area (Å²) in [5.41, 5.74) is 0. The smallest absolute Gasteiger partial charge is 0.289 e. The lowest BCUT2D eigenvalue weighted by atomic mass is 10.1. The van der Waals surface area contributed by atoms with Gasteiger partial charge in [0.15, 0.2) is 5.76 Å². The van der Waals surface area contributed by atoms with E-state index in [1.165, 1.54) is 9.80 Å². The zero-order valence-corrected chi connectivity index (χ0v) is 14.0. The molecule has 23 heavy (non-hydrogen) atoms. The Morgan fingerprint density at radius 1 is 1.35 bits per heavy atom. The molecule has 7 nitrogen and oxygen atoms in total. The number of rotatable bonds is 5. The molecule has 1 aromatic heterocycles. The topological polar surface area (TPSA) is 74.1 Å². The highest BCUT2D eigenvalue weighted by Gasteiger charge is 2.36. The molecule has 3 amide bonds. The molecule has 0 N–H and O–H groups in total. The molecule has 0 spiro atoms. The van der Waals surface area contributed by atoms with E-state index < -0.39 is 6.04 Å². The zero-order valence-electron chi connectivity index (χ0n) is 14.0. The maximum atomic E-state index is 12.3. The Labute approximate surface area is 135 Å². The first-order chi connectivity index (χ1) is 10.8. The van der Waals surface area contributed by atoms with Crippen molar-refractivity contribution >= 4 is 17.7 Å². The molecule has 1 atom stereocenters. The molecule has 2 rings (SSSR count). The number of hydrogen-bond acceptors (Lipinski definition) is 4. The minimum atomic E-state index is -0.527. The summed E-state index contributed by atoms with van der Waals surface area (Å²) in [6.07, 6.45) is 0.819. The van der Waals surface area contributed by atoms with Crippen LogP contribution in [0.5, 0.6) is 0 Å². The van der Waals surface area contributed by atoms with E-state index in [-0.39, 0.29) is 36.6 Å². The third kappa shape index (κ3) is 3.55. The summed E-state index contributed by atoms with van der Waals surface area (Å²) in [5.74, 6) is 0.317. The summed E-state index contributed by atoms with van der Waals surface area (Å²) in [7, 11) is 3.28. The number of hydrogen-bond donors (Lipinski definition) is 0. The number of amides is 3. The van der Waals surface area contributed by atoms with Crippen LogP contribution in [0.15, 0.2) is 16.5 Å². The minimum absolute atomic E-state index is 0.0532. The first-order valence-corrected chi connectivity index (χ1v) is 7.73. The van der Waals surface area contributed by atoms with Crippen molar-refractivity contribution in [1.82, 2.24) is 14.7 Å². The van der Waals surface area contributed by atoms with Crippen LogP contribution in [0.2, 0.25) is 0 Å². The van der Waals surface area contributed by atoms with Gasteiger partial charge in [-0.15, -0.1) is 0 Å². The Bertz CT molecular complexity index is 608. The Kier molecular flexibility index (Phi) is 5.08. The van der Waals surface area contributed by atoms with E-state index in [0.717, 1.165) is 6.42 Å². The number of carbonyl (C=O) groups is 3. The first kappa shape index (κ1) is 17.1. The monoisotopic (exact) mass is 321 g/mol. The third-order valence-corrected chi connectivity index (χ3v) is 3.88. The third-order valence-electron chi connectivity index (χ3n) is 3.88. The summed E-state index contributed by atoms with van der Waals surface area (Å²) >= 11 is 0. The van der Waals surface area contributed by atoms with E-state index in [4.69, 9.17) is 4.42 Å². The average Bonchev–Trinajstić information content (AvgIpc) is 2.97. The SMILES string of the molecule is CCCN1CC(=O)N(Cc2ccc(C(=O)N(C)C)o2)[C@@H](C)C1=O. The molecule has 0 aromatic carbocycles. The molecular formula is C16H23N3O4. The standard InChI is InChI=1S/C16H23N3O4/c1-5-8-18-10-14(20)19(11(2)15(18)21)9-12-6-7-13(23-12)16(22)17(3)4/h6-7,11H,5,8-10H2,1-4H3/t11-/m0/s1. The molecule has 1 fully saturated rings. The van der Waals surface area contributed by atoms with E-state index in [1.807, 2.05) is 6.92 Å². The normalized spacial score (nSPS) is 18.5. The maximum absolute atomic E-state index is 12.3. The molecule has 7 heteroatoms. The first-order valence-electron chi connectivity index (χ1n) is 7.73. The van der Waals surface area contributed by atoms with Gasteiger partial charge in [0, 0.05) is 20.6 Å². The van der Waals surface area contributed by atoms with E-state index in [9.17, 15) is 14.4 Å². The molecular weight excluding hydrogens is 298 g/mol. The highest BCUT2D eigenvalue weighted by Crippen LogP contribution is 2.18. The van der Waals surface area contributed by atoms with Gasteiger partial charge in [0.1, 0.15) is 11.8 Å². The van der Waals surface area contributed by atoms with Crippen molar-refractivity contribution in [3.63, 3.8) is 0 Å². The molecule has 126 valence electrons. The Morgan fingerprint density at radius 3 is 2.65 bits per heavy atom. The maximum Gasteiger partial charge on any atom is 0.289 e. The van der Waals surface area contributed by atoms with Crippen molar-refractivity contribution in [3.8, 4) is 0 Å². The van der Waals surface area contributed by atoms with Gasteiger partial charge >= 0.3 is 0 Å². The van der Waals surface area contributed by atoms with Crippen LogP contribution in [-0.2, 0) is 16.1 Å². The largest absolute Gasteiger partial charge is 0.454 e. The van der Waals surface area contributed by atoms with Gasteiger partial charge in [-0.1, -0.05) is 6.92 Å². The fourth-order valence-electron chi connectivity index (χ4n) is 2.60. The van der Waals surface area contributed by atoms with Gasteiger partial charge < -0.3 is 19.1 Å². The zero-order chi connectivity index (χ0) is 17.1. The van der Waals surface area contributed by atoms with Crippen molar-refractivity contribution < 1.29 is 18.8 Å². The molecule has 1 aliphatic rings. The summed E-state index contributed by atoms with van der Waals surface area (Å²) in [5, 5.41) is 0. The van der Waals surface area contributed by atoms with Crippen molar-refractivity contribution in [1.29, 1.82) is 0 Å². The van der Waals surface area contributed by atoms with Gasteiger partial charge in [-0.05, 0) is 25.5 Å². The molecule has 0 aliphatic carbocycles. The number of nitrogens with zero attached hydrogens (tertiary/aromatic N) is 3. The van der Waals surface area contributed by atoms with E-state index in [0.29, 0.717) is 12.3 Å². The number of piperazine rings is 1. The van der Waals surface area contributed by atoms with Crippen LogP contribution in [0.3, 0.4) is 0 Å². The van der Waals surface area contributed by atoms with Crippen LogP contribution in [-0.4, -0.2) is 65.6 Å². The average molecular weight is 321 g/mol. The van der Waals surface area contributed by atoms with Gasteiger partial charge in [-0.3, -0.25) is 14.4 Å². The van der Waals surface area contributed by atoms with E-state index >= 15 is 0 Å². The summed E-state index contributed by atoms with van der Waals surface area (Å²) in [6, 6.07) is 2.72. The van der Waals surface area contributed by atoms with Crippen LogP contribution >= 0.6 is 0 Å². The molecule has 0 bridgehead atoms. The molecule has 0 radical (unpaired) electrons. The fraction of sp³-hybridized carbons (Fsp3) is 0.562. The second-order valence-corrected chi connectivity index (χ2v) is 5.92. The van der Waals surface area contributed by atoms with Crippen molar-refractivity contribution in [2.75, 3.05) is 27.2 Å². The van der Waals surface area contributed by atoms with Crippen molar-refractivity contribution in [2.24, 2.45) is 0 Å². The summed E-state index contributed by atoms with van der Waals surface area (Å²) < 4.78 is 5.51. The Morgan fingerprint density at radius 2 is 2.04 bits per heavy atom. The van der Waals surface area contributed by atoms with Crippen molar-refractivity contribution in [3.05, 3.63) is 23.7 Å². The van der Waals surface area contributed by atoms with Crippen LogP contribution in [0.1, 0.15) is 36.6 Å². The Hall–Kier alpha value is -2.31. The molecule has 2 heterocycles. The van der Waals surface area contributed by atoms with Crippen LogP contribution in [0.4, 0.5) is 0 Å². The lowest BCUT2D eigenvalue weighted by molar-refractivity contribution is -0.155. The number of carbonyl (C=O) groups excluding carboxylic acids is 3. The van der Waals surface area contributed by atoms with Crippen LogP contribution < -0.4 is 0 Å². The van der Waals surface area contributed by atoms with Gasteiger partial charge in [0.2, 0.25) is 11.8 Å². The molecule has 1 aliphatic heterocycles. The summed E-state index contributed by atoms with van der Waals surface area (Å²) in [6.45, 7) is 4.57. The highest BCUT2D eigenvalue weighted by atomic mass is 16.4. The van der Waals surface area contributed by atoms with Crippen LogP contribution in [0, 0.1) is 0 Å². The van der Waals surface area contributed by atoms with E-state index in [1.54, 1.807) is 38.1 Å². The predicted octanol–water partition coefficient (Wildman–Crippen LogP) is 0.951. The number of furan rings is 1. The molecule has 0 saturated carbocycles. The molecule has 1 aromatic rings. The second kappa shape index (κ2) is 6.85. The van der Waals surface area contributed by atoms with Gasteiger partial charge in [-0.2, -0.15) is 0 Å². The lowest BCUT2D eigenvalue weighted by Crippen LogP contribution is -2.58. The van der Waals surface area contributed by atoms with Gasteiger partial charge in [-0.25, -0.2) is 0 Å². The fourth-order valence-corrected chi connectivity index (χ4v) is 2.60. The lowest BCUT2D eigenvalue weighted by Gasteiger charge is -2.38. The van der Waals surface area contributed by atoms with Gasteiger partial charge in [0.05, 0.1) is 13.1 Å². The summed E-state index contributed by atoms with van der Waals surface area (Å²) in [4.78, 5) is 41.0. The highest BCUT2D eigenvalue weighted by molar-refractivity contribution is 5.94. The van der Waals surface area contributed by atoms with Gasteiger partial charge in [0.25, 0.3) is 5.91 Å². The van der Waals surface area contributed by atoms with Crippen molar-refractivity contribution in [2.45, 2.75) is 32.9 Å².